The topological polar surface area (TPSA) is 47.6 Å². The molecule has 2 aromatic carbocycles. The van der Waals surface area contributed by atoms with Gasteiger partial charge in [0, 0.05) is 16.6 Å². The van der Waals surface area contributed by atoms with Crippen LogP contribution in [0.1, 0.15) is 12.5 Å². The Morgan fingerprint density at radius 1 is 1.04 bits per heavy atom. The molecule has 0 saturated carbocycles. The quantitative estimate of drug-likeness (QED) is 0.894. The lowest BCUT2D eigenvalue weighted by molar-refractivity contribution is -0.133. The van der Waals surface area contributed by atoms with Crippen molar-refractivity contribution in [1.29, 1.82) is 0 Å². The van der Waals surface area contributed by atoms with E-state index in [4.69, 9.17) is 32.7 Å². The minimum Gasteiger partial charge on any atom is -0.482 e. The van der Waals surface area contributed by atoms with Crippen molar-refractivity contribution in [3.8, 4) is 11.5 Å². The predicted molar refractivity (Wildman–Crippen MR) is 94.1 cm³/mol. The number of amides is 1. The van der Waals surface area contributed by atoms with Gasteiger partial charge in [-0.1, -0.05) is 41.4 Å². The van der Waals surface area contributed by atoms with Crippen molar-refractivity contribution in [3.63, 3.8) is 0 Å². The lowest BCUT2D eigenvalue weighted by Gasteiger charge is -2.31. The molecule has 2 atom stereocenters. The van der Waals surface area contributed by atoms with Gasteiger partial charge in [0.15, 0.2) is 11.5 Å². The Labute approximate surface area is 150 Å². The van der Waals surface area contributed by atoms with Crippen LogP contribution in [0.15, 0.2) is 42.5 Å². The van der Waals surface area contributed by atoms with Gasteiger partial charge < -0.3 is 14.8 Å². The van der Waals surface area contributed by atoms with Gasteiger partial charge in [-0.25, -0.2) is 0 Å². The third-order valence-corrected chi connectivity index (χ3v) is 4.54. The molecule has 126 valence electrons. The van der Waals surface area contributed by atoms with Crippen LogP contribution in [0.4, 0.5) is 0 Å². The van der Waals surface area contributed by atoms with Gasteiger partial charge in [0.05, 0.1) is 0 Å². The SMILES string of the molecule is C[C@H]1Oc2ccccc2O[C@@H]1C(=O)NCCc1c(Cl)cccc1Cl. The lowest BCUT2D eigenvalue weighted by atomic mass is 10.1. The smallest absolute Gasteiger partial charge is 0.265 e. The van der Waals surface area contributed by atoms with Gasteiger partial charge in [0.2, 0.25) is 6.10 Å². The molecule has 2 aromatic rings. The van der Waals surface area contributed by atoms with Crippen molar-refractivity contribution in [2.45, 2.75) is 25.6 Å². The number of carbonyl (C=O) groups excluding carboxylic acids is 1. The number of ether oxygens (including phenoxy) is 2. The lowest BCUT2D eigenvalue weighted by Crippen LogP contribution is -2.49. The van der Waals surface area contributed by atoms with E-state index in [-0.39, 0.29) is 12.0 Å². The first kappa shape index (κ1) is 16.9. The summed E-state index contributed by atoms with van der Waals surface area (Å²) in [6.07, 6.45) is -0.520. The molecular formula is C18H17Cl2NO3. The van der Waals surface area contributed by atoms with E-state index in [1.807, 2.05) is 25.1 Å². The van der Waals surface area contributed by atoms with Crippen molar-refractivity contribution in [2.24, 2.45) is 0 Å². The van der Waals surface area contributed by atoms with Gasteiger partial charge in [-0.15, -0.1) is 0 Å². The molecule has 4 nitrogen and oxygen atoms in total. The second-order valence-electron chi connectivity index (χ2n) is 5.55. The highest BCUT2D eigenvalue weighted by Gasteiger charge is 2.33. The van der Waals surface area contributed by atoms with Gasteiger partial charge in [0.25, 0.3) is 5.91 Å². The van der Waals surface area contributed by atoms with E-state index in [2.05, 4.69) is 5.32 Å². The molecule has 0 bridgehead atoms. The number of nitrogens with one attached hydrogen (secondary N) is 1. The summed E-state index contributed by atoms with van der Waals surface area (Å²) in [5.74, 6) is 1.00. The summed E-state index contributed by atoms with van der Waals surface area (Å²) in [5.41, 5.74) is 0.820. The van der Waals surface area contributed by atoms with Crippen LogP contribution < -0.4 is 14.8 Å². The zero-order valence-corrected chi connectivity index (χ0v) is 14.6. The average molecular weight is 366 g/mol. The Bertz CT molecular complexity index is 731. The van der Waals surface area contributed by atoms with Crippen LogP contribution in [0.25, 0.3) is 0 Å². The molecule has 0 aromatic heterocycles. The van der Waals surface area contributed by atoms with E-state index in [0.29, 0.717) is 34.5 Å². The molecule has 1 aliphatic rings. The summed E-state index contributed by atoms with van der Waals surface area (Å²) in [7, 11) is 0. The Hall–Kier alpha value is -1.91. The van der Waals surface area contributed by atoms with E-state index in [9.17, 15) is 4.79 Å². The number of fused-ring (bicyclic) bond motifs is 1. The molecule has 0 aliphatic carbocycles. The second-order valence-corrected chi connectivity index (χ2v) is 6.36. The number of para-hydroxylation sites is 2. The van der Waals surface area contributed by atoms with Crippen LogP contribution in [0.5, 0.6) is 11.5 Å². The van der Waals surface area contributed by atoms with Gasteiger partial charge >= 0.3 is 0 Å². The molecule has 0 radical (unpaired) electrons. The fourth-order valence-corrected chi connectivity index (χ4v) is 3.18. The predicted octanol–water partition coefficient (Wildman–Crippen LogP) is 3.88. The maximum atomic E-state index is 12.4. The van der Waals surface area contributed by atoms with Crippen molar-refractivity contribution in [1.82, 2.24) is 5.32 Å². The molecule has 1 heterocycles. The minimum absolute atomic E-state index is 0.222. The summed E-state index contributed by atoms with van der Waals surface area (Å²) < 4.78 is 11.5. The average Bonchev–Trinajstić information content (AvgIpc) is 2.56. The maximum absolute atomic E-state index is 12.4. The van der Waals surface area contributed by atoms with Gasteiger partial charge in [-0.3, -0.25) is 4.79 Å². The summed E-state index contributed by atoms with van der Waals surface area (Å²) >= 11 is 12.3. The van der Waals surface area contributed by atoms with Gasteiger partial charge in [-0.2, -0.15) is 0 Å². The number of hydrogen-bond acceptors (Lipinski definition) is 3. The highest BCUT2D eigenvalue weighted by atomic mass is 35.5. The molecule has 0 unspecified atom stereocenters. The second kappa shape index (κ2) is 7.32. The van der Waals surface area contributed by atoms with Crippen molar-refractivity contribution in [2.75, 3.05) is 6.54 Å². The van der Waals surface area contributed by atoms with Gasteiger partial charge in [0.1, 0.15) is 6.10 Å². The third-order valence-electron chi connectivity index (χ3n) is 3.84. The van der Waals surface area contributed by atoms with Crippen molar-refractivity contribution in [3.05, 3.63) is 58.1 Å². The van der Waals surface area contributed by atoms with Crippen LogP contribution in [0, 0.1) is 0 Å². The number of benzene rings is 2. The Morgan fingerprint density at radius 2 is 1.67 bits per heavy atom. The van der Waals surface area contributed by atoms with Crippen molar-refractivity contribution >= 4 is 29.1 Å². The van der Waals surface area contributed by atoms with Crippen molar-refractivity contribution < 1.29 is 14.3 Å². The van der Waals surface area contributed by atoms with E-state index >= 15 is 0 Å². The highest BCUT2D eigenvalue weighted by molar-refractivity contribution is 6.36. The molecule has 0 spiro atoms. The summed E-state index contributed by atoms with van der Waals surface area (Å²) in [5, 5.41) is 4.04. The summed E-state index contributed by atoms with van der Waals surface area (Å²) in [4.78, 5) is 12.4. The van der Waals surface area contributed by atoms with Crippen LogP contribution >= 0.6 is 23.2 Å². The van der Waals surface area contributed by atoms with E-state index in [0.717, 1.165) is 5.56 Å². The van der Waals surface area contributed by atoms with Crippen LogP contribution in [-0.4, -0.2) is 24.7 Å². The van der Waals surface area contributed by atoms with E-state index in [1.165, 1.54) is 0 Å². The first-order valence-electron chi connectivity index (χ1n) is 7.69. The number of hydrogen-bond donors (Lipinski definition) is 1. The van der Waals surface area contributed by atoms with Gasteiger partial charge in [-0.05, 0) is 43.2 Å². The van der Waals surface area contributed by atoms with Crippen LogP contribution in [-0.2, 0) is 11.2 Å². The monoisotopic (exact) mass is 365 g/mol. The molecule has 1 N–H and O–H groups in total. The number of carbonyl (C=O) groups is 1. The summed E-state index contributed by atoms with van der Waals surface area (Å²) in [6, 6.07) is 12.7. The number of rotatable bonds is 4. The molecule has 24 heavy (non-hydrogen) atoms. The first-order chi connectivity index (χ1) is 11.6. The molecular weight excluding hydrogens is 349 g/mol. The maximum Gasteiger partial charge on any atom is 0.265 e. The van der Waals surface area contributed by atoms with Crippen LogP contribution in [0.2, 0.25) is 10.0 Å². The molecule has 6 heteroatoms. The number of halogens is 2. The first-order valence-corrected chi connectivity index (χ1v) is 8.45. The molecule has 0 saturated heterocycles. The normalized spacial score (nSPS) is 19.0. The Morgan fingerprint density at radius 3 is 2.33 bits per heavy atom. The Balaban J connectivity index is 1.60. The van der Waals surface area contributed by atoms with Crippen LogP contribution in [0.3, 0.4) is 0 Å². The zero-order valence-electron chi connectivity index (χ0n) is 13.1. The third kappa shape index (κ3) is 3.60. The molecule has 1 aliphatic heterocycles. The Kier molecular flexibility index (Phi) is 5.17. The van der Waals surface area contributed by atoms with E-state index < -0.39 is 6.10 Å². The highest BCUT2D eigenvalue weighted by Crippen LogP contribution is 2.33. The fraction of sp³-hybridized carbons (Fsp3) is 0.278. The molecule has 0 fully saturated rings. The standard InChI is InChI=1S/C18H17Cl2NO3/c1-11-17(24-16-8-3-2-7-15(16)23-11)18(22)21-10-9-12-13(19)5-4-6-14(12)20/h2-8,11,17H,9-10H2,1H3,(H,21,22)/t11-,17+/m1/s1. The summed E-state index contributed by atoms with van der Waals surface area (Å²) in [6.45, 7) is 2.22. The molecule has 3 rings (SSSR count). The minimum atomic E-state index is -0.693. The largest absolute Gasteiger partial charge is 0.482 e. The zero-order chi connectivity index (χ0) is 17.1. The fourth-order valence-electron chi connectivity index (χ4n) is 2.59. The molecule has 1 amide bonds. The van der Waals surface area contributed by atoms with E-state index in [1.54, 1.807) is 24.3 Å².